The second-order valence-corrected chi connectivity index (χ2v) is 10.8. The molecule has 4 aromatic rings. The predicted molar refractivity (Wildman–Crippen MR) is 149 cm³/mol. The van der Waals surface area contributed by atoms with E-state index in [-0.39, 0.29) is 24.1 Å². The molecule has 0 saturated carbocycles. The van der Waals surface area contributed by atoms with E-state index in [2.05, 4.69) is 51.3 Å². The Labute approximate surface area is 238 Å². The van der Waals surface area contributed by atoms with Gasteiger partial charge in [0.2, 0.25) is 5.88 Å². The Balaban J connectivity index is 1.27. The Morgan fingerprint density at radius 3 is 1.95 bits per heavy atom. The number of ether oxygens (including phenoxy) is 2. The molecule has 2 unspecified atom stereocenters. The number of rotatable bonds is 9. The summed E-state index contributed by atoms with van der Waals surface area (Å²) < 4.78 is 52.4. The van der Waals surface area contributed by atoms with Gasteiger partial charge >= 0.3 is 6.18 Å². The summed E-state index contributed by atoms with van der Waals surface area (Å²) in [6.07, 6.45) is 0.169. The van der Waals surface area contributed by atoms with Crippen LogP contribution in [-0.2, 0) is 16.5 Å². The van der Waals surface area contributed by atoms with E-state index in [9.17, 15) is 13.2 Å². The highest BCUT2D eigenvalue weighted by atomic mass is 19.4. The molecule has 0 amide bonds. The van der Waals surface area contributed by atoms with Crippen molar-refractivity contribution < 1.29 is 22.6 Å². The van der Waals surface area contributed by atoms with E-state index in [1.54, 1.807) is 0 Å². The third-order valence-corrected chi connectivity index (χ3v) is 8.49. The lowest BCUT2D eigenvalue weighted by atomic mass is 9.79. The molecule has 0 aliphatic carbocycles. The fraction of sp³-hybridized carbons (Fsp3) is 0.333. The summed E-state index contributed by atoms with van der Waals surface area (Å²) in [7, 11) is 0. The molecule has 0 bridgehead atoms. The largest absolute Gasteiger partial charge is 0.476 e. The van der Waals surface area contributed by atoms with Crippen LogP contribution in [0.2, 0.25) is 0 Å². The van der Waals surface area contributed by atoms with Crippen molar-refractivity contribution in [1.82, 2.24) is 14.9 Å². The lowest BCUT2D eigenvalue weighted by molar-refractivity contribution is -0.141. The number of nitrogens with zero attached hydrogens (tertiary/aromatic N) is 3. The third kappa shape index (κ3) is 5.34. The van der Waals surface area contributed by atoms with Crippen molar-refractivity contribution in [2.24, 2.45) is 0 Å². The summed E-state index contributed by atoms with van der Waals surface area (Å²) in [6.45, 7) is 1.66. The summed E-state index contributed by atoms with van der Waals surface area (Å²) >= 11 is 0. The van der Waals surface area contributed by atoms with Crippen LogP contribution in [0.4, 0.5) is 13.2 Å². The fourth-order valence-corrected chi connectivity index (χ4v) is 6.56. The van der Waals surface area contributed by atoms with Gasteiger partial charge < -0.3 is 9.47 Å². The van der Waals surface area contributed by atoms with Gasteiger partial charge in [-0.15, -0.1) is 0 Å². The van der Waals surface area contributed by atoms with Crippen LogP contribution < -0.4 is 4.74 Å². The number of alkyl halides is 3. The number of benzene rings is 3. The topological polar surface area (TPSA) is 47.5 Å². The van der Waals surface area contributed by atoms with E-state index in [0.29, 0.717) is 6.61 Å². The van der Waals surface area contributed by atoms with Gasteiger partial charge in [0, 0.05) is 17.6 Å². The Hall–Kier alpha value is -3.75. The molecule has 41 heavy (non-hydrogen) atoms. The van der Waals surface area contributed by atoms with Crippen LogP contribution in [0, 0.1) is 0 Å². The standard InChI is InChI=1S/C33H32F3N3O2/c34-33(35,36)29-21-30(38-24-37-29)40-22-28-17-19-31(18-10-20-39(28)31)23-41-32(25-11-4-1-5-12-25,26-13-6-2-7-14-26)27-15-8-3-9-16-27/h1-9,11-16,21,24,28H,10,17-20,22-23H2. The number of hydrogen-bond acceptors (Lipinski definition) is 5. The SMILES string of the molecule is FC(F)(F)c1cc(OCC2CCC3(COC(c4ccccc4)(c4ccccc4)c4ccccc4)CCCN23)ncn1. The van der Waals surface area contributed by atoms with E-state index in [4.69, 9.17) is 9.47 Å². The van der Waals surface area contributed by atoms with Crippen LogP contribution in [0.3, 0.4) is 0 Å². The van der Waals surface area contributed by atoms with Crippen LogP contribution in [0.15, 0.2) is 103 Å². The van der Waals surface area contributed by atoms with Crippen molar-refractivity contribution in [2.75, 3.05) is 19.8 Å². The van der Waals surface area contributed by atoms with Crippen LogP contribution in [-0.4, -0.2) is 46.2 Å². The minimum absolute atomic E-state index is 0.0588. The zero-order valence-corrected chi connectivity index (χ0v) is 22.6. The summed E-state index contributed by atoms with van der Waals surface area (Å²) in [5, 5.41) is 0. The van der Waals surface area contributed by atoms with Gasteiger partial charge in [0.05, 0.1) is 6.61 Å². The minimum Gasteiger partial charge on any atom is -0.476 e. The molecule has 2 aliphatic heterocycles. The summed E-state index contributed by atoms with van der Waals surface area (Å²) in [6, 6.07) is 31.9. The Kier molecular flexibility index (Phi) is 7.53. The highest BCUT2D eigenvalue weighted by Gasteiger charge is 2.51. The molecule has 3 aromatic carbocycles. The van der Waals surface area contributed by atoms with Gasteiger partial charge in [-0.3, -0.25) is 4.90 Å². The normalized spacial score (nSPS) is 21.1. The molecule has 0 N–H and O–H groups in total. The van der Waals surface area contributed by atoms with Crippen LogP contribution in [0.25, 0.3) is 0 Å². The van der Waals surface area contributed by atoms with E-state index < -0.39 is 17.5 Å². The molecule has 212 valence electrons. The predicted octanol–water partition coefficient (Wildman–Crippen LogP) is 6.88. The summed E-state index contributed by atoms with van der Waals surface area (Å²) in [5.41, 5.74) is 1.18. The molecule has 8 heteroatoms. The Morgan fingerprint density at radius 2 is 1.39 bits per heavy atom. The smallest absolute Gasteiger partial charge is 0.433 e. The van der Waals surface area contributed by atoms with E-state index in [1.165, 1.54) is 0 Å². The van der Waals surface area contributed by atoms with Crippen molar-refractivity contribution in [2.45, 2.75) is 49.0 Å². The molecular weight excluding hydrogens is 527 g/mol. The molecule has 2 fully saturated rings. The molecule has 5 nitrogen and oxygen atoms in total. The first-order chi connectivity index (χ1) is 19.9. The highest BCUT2D eigenvalue weighted by Crippen LogP contribution is 2.47. The van der Waals surface area contributed by atoms with Crippen LogP contribution in [0.1, 0.15) is 48.1 Å². The number of halogens is 3. The van der Waals surface area contributed by atoms with Crippen molar-refractivity contribution in [3.05, 3.63) is 126 Å². The van der Waals surface area contributed by atoms with Crippen molar-refractivity contribution >= 4 is 0 Å². The highest BCUT2D eigenvalue weighted by molar-refractivity contribution is 5.47. The van der Waals surface area contributed by atoms with Gasteiger partial charge in [-0.05, 0) is 48.9 Å². The summed E-state index contributed by atoms with van der Waals surface area (Å²) in [5.74, 6) is -0.0588. The zero-order valence-electron chi connectivity index (χ0n) is 22.6. The second kappa shape index (κ2) is 11.3. The quantitative estimate of drug-likeness (QED) is 0.209. The van der Waals surface area contributed by atoms with E-state index in [0.717, 1.165) is 61.3 Å². The molecule has 1 aromatic heterocycles. The minimum atomic E-state index is -4.54. The molecule has 2 atom stereocenters. The average Bonchev–Trinajstić information content (AvgIpc) is 3.57. The first kappa shape index (κ1) is 27.4. The first-order valence-corrected chi connectivity index (χ1v) is 14.0. The average molecular weight is 560 g/mol. The molecule has 6 rings (SSSR count). The van der Waals surface area contributed by atoms with Crippen molar-refractivity contribution in [3.8, 4) is 5.88 Å². The van der Waals surface area contributed by atoms with Crippen molar-refractivity contribution in [1.29, 1.82) is 0 Å². The maximum absolute atomic E-state index is 13.1. The second-order valence-electron chi connectivity index (χ2n) is 10.8. The van der Waals surface area contributed by atoms with Gasteiger partial charge in [-0.25, -0.2) is 9.97 Å². The van der Waals surface area contributed by atoms with E-state index in [1.807, 2.05) is 54.6 Å². The van der Waals surface area contributed by atoms with E-state index >= 15 is 0 Å². The molecule has 2 saturated heterocycles. The van der Waals surface area contributed by atoms with Gasteiger partial charge in [-0.1, -0.05) is 91.0 Å². The summed E-state index contributed by atoms with van der Waals surface area (Å²) in [4.78, 5) is 9.69. The van der Waals surface area contributed by atoms with Gasteiger partial charge in [0.15, 0.2) is 5.69 Å². The number of aromatic nitrogens is 2. The molecular formula is C33H32F3N3O2. The fourth-order valence-electron chi connectivity index (χ4n) is 6.56. The maximum atomic E-state index is 13.1. The van der Waals surface area contributed by atoms with Crippen LogP contribution >= 0.6 is 0 Å². The Morgan fingerprint density at radius 1 is 0.805 bits per heavy atom. The third-order valence-electron chi connectivity index (χ3n) is 8.49. The molecule has 0 radical (unpaired) electrons. The van der Waals surface area contributed by atoms with Gasteiger partial charge in [-0.2, -0.15) is 13.2 Å². The lowest BCUT2D eigenvalue weighted by Crippen LogP contribution is -2.49. The zero-order chi connectivity index (χ0) is 28.3. The molecule has 3 heterocycles. The lowest BCUT2D eigenvalue weighted by Gasteiger charge is -2.41. The Bertz CT molecular complexity index is 1340. The number of hydrogen-bond donors (Lipinski definition) is 0. The van der Waals surface area contributed by atoms with Crippen molar-refractivity contribution in [3.63, 3.8) is 0 Å². The van der Waals surface area contributed by atoms with Gasteiger partial charge in [0.1, 0.15) is 18.5 Å². The first-order valence-electron chi connectivity index (χ1n) is 14.0. The van der Waals surface area contributed by atoms with Crippen LogP contribution in [0.5, 0.6) is 5.88 Å². The van der Waals surface area contributed by atoms with Gasteiger partial charge in [0.25, 0.3) is 0 Å². The monoisotopic (exact) mass is 559 g/mol. The molecule has 0 spiro atoms. The maximum Gasteiger partial charge on any atom is 0.433 e. The number of fused-ring (bicyclic) bond motifs is 1. The molecule has 2 aliphatic rings.